The molecule has 1 aliphatic rings. The van der Waals surface area contributed by atoms with Crippen molar-refractivity contribution in [1.82, 2.24) is 0 Å². The van der Waals surface area contributed by atoms with Crippen molar-refractivity contribution in [3.63, 3.8) is 0 Å². The van der Waals surface area contributed by atoms with Crippen molar-refractivity contribution in [2.45, 2.75) is 0 Å². The highest BCUT2D eigenvalue weighted by Crippen LogP contribution is 2.23. The van der Waals surface area contributed by atoms with Gasteiger partial charge >= 0.3 is 0 Å². The lowest BCUT2D eigenvalue weighted by atomic mass is 10.1. The molecule has 0 aromatic heterocycles. The molecule has 0 amide bonds. The highest BCUT2D eigenvalue weighted by Gasteiger charge is 2.15. The second-order valence-electron chi connectivity index (χ2n) is 4.51. The number of hydrogen-bond acceptors (Lipinski definition) is 4. The van der Waals surface area contributed by atoms with E-state index in [4.69, 9.17) is 0 Å². The first kappa shape index (κ1) is 12.9. The van der Waals surface area contributed by atoms with Gasteiger partial charge in [0.2, 0.25) is 0 Å². The smallest absolute Gasteiger partial charge is 0.276 e. The molecule has 0 fully saturated rings. The summed E-state index contributed by atoms with van der Waals surface area (Å²) < 4.78 is 0. The largest absolute Gasteiger partial charge is 0.298 e. The number of carbonyl (C=O) groups is 1. The fourth-order valence-electron chi connectivity index (χ4n) is 2.28. The van der Waals surface area contributed by atoms with E-state index in [0.717, 1.165) is 11.5 Å². The minimum Gasteiger partial charge on any atom is -0.298 e. The normalized spacial score (nSPS) is 14.7. The summed E-state index contributed by atoms with van der Waals surface area (Å²) in [5, 5.41) is 12.5. The van der Waals surface area contributed by atoms with Crippen molar-refractivity contribution >= 4 is 23.6 Å². The van der Waals surface area contributed by atoms with Crippen molar-refractivity contribution in [3.05, 3.63) is 80.5 Å². The molecule has 1 heterocycles. The average molecular weight is 278 g/mol. The highest BCUT2D eigenvalue weighted by atomic mass is 16.6. The van der Waals surface area contributed by atoms with Gasteiger partial charge in [-0.05, 0) is 18.2 Å². The summed E-state index contributed by atoms with van der Waals surface area (Å²) in [5.41, 5.74) is 1.30. The van der Waals surface area contributed by atoms with Gasteiger partial charge in [-0.1, -0.05) is 30.3 Å². The average Bonchev–Trinajstić information content (AvgIpc) is 2.84. The van der Waals surface area contributed by atoms with Crippen LogP contribution in [-0.4, -0.2) is 11.2 Å². The number of aldehydes is 1. The van der Waals surface area contributed by atoms with Gasteiger partial charge in [-0.25, -0.2) is 4.99 Å². The zero-order valence-electron chi connectivity index (χ0n) is 10.9. The molecule has 0 N–H and O–H groups in total. The Kier molecular flexibility index (Phi) is 3.16. The van der Waals surface area contributed by atoms with Crippen molar-refractivity contribution in [3.8, 4) is 0 Å². The Balaban J connectivity index is 2.21. The molecule has 0 saturated heterocycles. The quantitative estimate of drug-likeness (QED) is 0.486. The molecule has 0 bridgehead atoms. The molecule has 21 heavy (non-hydrogen) atoms. The summed E-state index contributed by atoms with van der Waals surface area (Å²) >= 11 is 0. The number of rotatable bonds is 3. The Labute approximate surface area is 119 Å². The molecule has 102 valence electrons. The van der Waals surface area contributed by atoms with Crippen LogP contribution in [0.3, 0.4) is 0 Å². The third-order valence-corrected chi connectivity index (χ3v) is 3.25. The zero-order valence-corrected chi connectivity index (χ0v) is 10.9. The summed E-state index contributed by atoms with van der Waals surface area (Å²) in [6, 6.07) is 13.6. The van der Waals surface area contributed by atoms with Gasteiger partial charge in [0.25, 0.3) is 5.69 Å². The summed E-state index contributed by atoms with van der Waals surface area (Å²) in [6.07, 6.45) is 2.30. The lowest BCUT2D eigenvalue weighted by Gasteiger charge is -1.99. The fourth-order valence-corrected chi connectivity index (χ4v) is 2.28. The first-order valence-corrected chi connectivity index (χ1v) is 6.29. The van der Waals surface area contributed by atoms with Gasteiger partial charge in [-0.3, -0.25) is 14.9 Å². The number of nitrogens with zero attached hydrogens (tertiary/aromatic N) is 2. The summed E-state index contributed by atoms with van der Waals surface area (Å²) in [4.78, 5) is 26.3. The number of nitro benzene ring substituents is 1. The summed E-state index contributed by atoms with van der Waals surface area (Å²) in [7, 11) is 0. The van der Waals surface area contributed by atoms with Crippen LogP contribution in [0.1, 0.15) is 5.56 Å². The first-order valence-electron chi connectivity index (χ1n) is 6.29. The molecule has 0 unspecified atom stereocenters. The molecular weight excluding hydrogens is 268 g/mol. The van der Waals surface area contributed by atoms with Gasteiger partial charge in [-0.15, -0.1) is 0 Å². The second kappa shape index (κ2) is 5.13. The van der Waals surface area contributed by atoms with Gasteiger partial charge in [0.15, 0.2) is 6.29 Å². The van der Waals surface area contributed by atoms with Gasteiger partial charge in [0.05, 0.1) is 21.5 Å². The van der Waals surface area contributed by atoms with Gasteiger partial charge < -0.3 is 0 Å². The van der Waals surface area contributed by atoms with Gasteiger partial charge in [0, 0.05) is 16.9 Å². The van der Waals surface area contributed by atoms with E-state index in [1.54, 1.807) is 30.3 Å². The molecule has 5 heteroatoms. The number of nitro groups is 1. The van der Waals surface area contributed by atoms with E-state index in [-0.39, 0.29) is 5.69 Å². The molecule has 0 atom stereocenters. The van der Waals surface area contributed by atoms with E-state index in [0.29, 0.717) is 22.2 Å². The summed E-state index contributed by atoms with van der Waals surface area (Å²) in [6.45, 7) is 0. The van der Waals surface area contributed by atoms with E-state index >= 15 is 0 Å². The third kappa shape index (κ3) is 2.25. The van der Waals surface area contributed by atoms with Gasteiger partial charge in [-0.2, -0.15) is 0 Å². The molecule has 5 nitrogen and oxygen atoms in total. The Morgan fingerprint density at radius 1 is 1.05 bits per heavy atom. The fraction of sp³-hybridized carbons (Fsp3) is 0. The number of benzene rings is 2. The number of carbonyl (C=O) groups excluding carboxylic acids is 1. The third-order valence-electron chi connectivity index (χ3n) is 3.25. The van der Waals surface area contributed by atoms with E-state index in [2.05, 4.69) is 4.99 Å². The number of fused-ring (bicyclic) bond motifs is 1. The number of hydrogen-bond donors (Lipinski definition) is 0. The van der Waals surface area contributed by atoms with Crippen LogP contribution >= 0.6 is 0 Å². The van der Waals surface area contributed by atoms with E-state index in [9.17, 15) is 14.9 Å². The number of allylic oxidation sites excluding steroid dienone is 1. The molecule has 1 aliphatic heterocycles. The summed E-state index contributed by atoms with van der Waals surface area (Å²) in [5.74, 6) is 0. The lowest BCUT2D eigenvalue weighted by Crippen LogP contribution is -2.22. The van der Waals surface area contributed by atoms with Crippen molar-refractivity contribution in [2.75, 3.05) is 0 Å². The predicted octanol–water partition coefficient (Wildman–Crippen LogP) is 1.62. The van der Waals surface area contributed by atoms with Crippen molar-refractivity contribution in [2.24, 2.45) is 4.99 Å². The first-order chi connectivity index (χ1) is 10.2. The molecule has 0 spiro atoms. The van der Waals surface area contributed by atoms with Crippen LogP contribution in [0, 0.1) is 10.1 Å². The van der Waals surface area contributed by atoms with Crippen LogP contribution in [0.5, 0.6) is 0 Å². The molecular formula is C16H10N2O3. The lowest BCUT2D eigenvalue weighted by molar-refractivity contribution is -0.385. The maximum Gasteiger partial charge on any atom is 0.276 e. The SMILES string of the molecule is O=CC1=c2ccccc2=NC1=Cc1ccccc1[N+](=O)[O-]. The standard InChI is InChI=1S/C16H10N2O3/c19-10-13-12-6-2-3-7-14(12)17-15(13)9-11-5-1-4-8-16(11)18(20)21/h1-10H. The van der Waals surface area contributed by atoms with Crippen molar-refractivity contribution in [1.29, 1.82) is 0 Å². The molecule has 2 aromatic carbocycles. The van der Waals surface area contributed by atoms with Gasteiger partial charge in [0.1, 0.15) is 0 Å². The molecule has 3 rings (SSSR count). The Morgan fingerprint density at radius 3 is 2.52 bits per heavy atom. The minimum atomic E-state index is -0.449. The van der Waals surface area contributed by atoms with Crippen molar-refractivity contribution < 1.29 is 9.72 Å². The van der Waals surface area contributed by atoms with Crippen LogP contribution in [0.15, 0.2) is 59.2 Å². The minimum absolute atomic E-state index is 0.0126. The predicted molar refractivity (Wildman–Crippen MR) is 77.8 cm³/mol. The van der Waals surface area contributed by atoms with Crippen LogP contribution < -0.4 is 10.6 Å². The molecule has 0 aliphatic carbocycles. The zero-order chi connectivity index (χ0) is 14.8. The maximum absolute atomic E-state index is 11.3. The van der Waals surface area contributed by atoms with Crippen LogP contribution in [0.25, 0.3) is 11.6 Å². The molecule has 2 aromatic rings. The monoisotopic (exact) mass is 278 g/mol. The second-order valence-corrected chi connectivity index (χ2v) is 4.51. The van der Waals surface area contributed by atoms with E-state index < -0.39 is 4.92 Å². The Hall–Kier alpha value is -3.08. The topological polar surface area (TPSA) is 72.6 Å². The highest BCUT2D eigenvalue weighted by molar-refractivity contribution is 6.08. The van der Waals surface area contributed by atoms with E-state index in [1.165, 1.54) is 6.07 Å². The number of para-hydroxylation sites is 2. The maximum atomic E-state index is 11.3. The van der Waals surface area contributed by atoms with Crippen LogP contribution in [0.4, 0.5) is 5.69 Å². The van der Waals surface area contributed by atoms with E-state index in [1.807, 2.05) is 18.2 Å². The molecule has 0 saturated carbocycles. The Bertz CT molecular complexity index is 898. The molecule has 0 radical (unpaired) electrons. The van der Waals surface area contributed by atoms with Crippen LogP contribution in [0.2, 0.25) is 0 Å². The Morgan fingerprint density at radius 2 is 1.76 bits per heavy atom. The van der Waals surface area contributed by atoms with Crippen LogP contribution in [-0.2, 0) is 4.79 Å².